The van der Waals surface area contributed by atoms with Gasteiger partial charge in [0.25, 0.3) is 0 Å². The fourth-order valence-corrected chi connectivity index (χ4v) is 3.01. The maximum Gasteiger partial charge on any atom is 0.135 e. The van der Waals surface area contributed by atoms with E-state index in [1.807, 2.05) is 32.6 Å². The molecule has 2 aromatic heterocycles. The van der Waals surface area contributed by atoms with Crippen molar-refractivity contribution >= 4 is 17.6 Å². The number of hydrogen-bond acceptors (Lipinski definition) is 4. The first-order valence-electron chi connectivity index (χ1n) is 9.60. The summed E-state index contributed by atoms with van der Waals surface area (Å²) in [6.45, 7) is 8.61. The highest BCUT2D eigenvalue weighted by Crippen LogP contribution is 2.12. The van der Waals surface area contributed by atoms with Crippen molar-refractivity contribution in [2.45, 2.75) is 59.7 Å². The first-order chi connectivity index (χ1) is 13.0. The molecular weight excluding hydrogens is 339 g/mol. The molecule has 2 rings (SSSR count). The Morgan fingerprint density at radius 1 is 1.33 bits per heavy atom. The van der Waals surface area contributed by atoms with Gasteiger partial charge in [-0.15, -0.1) is 0 Å². The second-order valence-corrected chi connectivity index (χ2v) is 6.96. The highest BCUT2D eigenvalue weighted by Gasteiger charge is 2.05. The Labute approximate surface area is 161 Å². The molecule has 0 amide bonds. The van der Waals surface area contributed by atoms with Crippen LogP contribution in [0.3, 0.4) is 0 Å². The second kappa shape index (κ2) is 10.0. The van der Waals surface area contributed by atoms with Crippen LogP contribution in [-0.2, 0) is 13.0 Å². The van der Waals surface area contributed by atoms with Crippen molar-refractivity contribution in [3.63, 3.8) is 0 Å². The van der Waals surface area contributed by atoms with Crippen LogP contribution in [0, 0.1) is 6.92 Å². The summed E-state index contributed by atoms with van der Waals surface area (Å²) >= 11 is 0. The van der Waals surface area contributed by atoms with E-state index in [0.717, 1.165) is 34.3 Å². The molecule has 0 saturated carbocycles. The molecule has 4 nitrogen and oxygen atoms in total. The minimum atomic E-state index is -0.791. The zero-order chi connectivity index (χ0) is 19.8. The Hall–Kier alpha value is -2.43. The number of nitrogens with zero attached hydrogens (tertiary/aromatic N) is 2. The third kappa shape index (κ3) is 5.78. The molecule has 146 valence electrons. The zero-order valence-electron chi connectivity index (χ0n) is 17.1. The summed E-state index contributed by atoms with van der Waals surface area (Å²) < 4.78 is 13.0. The zero-order valence-corrected chi connectivity index (χ0v) is 17.1. The fraction of sp³-hybridized carbons (Fsp3) is 0.455. The Morgan fingerprint density at radius 2 is 2.11 bits per heavy atom. The van der Waals surface area contributed by atoms with Crippen LogP contribution in [0.2, 0.25) is 0 Å². The summed E-state index contributed by atoms with van der Waals surface area (Å²) in [6, 6.07) is 4.18. The number of rotatable bonds is 8. The minimum absolute atomic E-state index is 0.517. The lowest BCUT2D eigenvalue weighted by Crippen LogP contribution is -2.32. The molecular formula is C22H31FN4. The first-order valence-corrected chi connectivity index (χ1v) is 9.60. The van der Waals surface area contributed by atoms with Crippen molar-refractivity contribution in [2.24, 2.45) is 0 Å². The van der Waals surface area contributed by atoms with Crippen LogP contribution in [0.25, 0.3) is 11.8 Å². The van der Waals surface area contributed by atoms with Crippen molar-refractivity contribution in [2.75, 3.05) is 12.4 Å². The largest absolute Gasteiger partial charge is 0.386 e. The quantitative estimate of drug-likeness (QED) is 0.749. The van der Waals surface area contributed by atoms with E-state index in [0.29, 0.717) is 19.4 Å². The smallest absolute Gasteiger partial charge is 0.135 e. The molecule has 1 unspecified atom stereocenters. The highest BCUT2D eigenvalue weighted by atomic mass is 19.1. The maximum atomic E-state index is 13.0. The van der Waals surface area contributed by atoms with E-state index >= 15 is 0 Å². The van der Waals surface area contributed by atoms with Crippen LogP contribution in [0.1, 0.15) is 50.4 Å². The van der Waals surface area contributed by atoms with Gasteiger partial charge in [0.15, 0.2) is 0 Å². The molecule has 0 aliphatic carbocycles. The molecule has 0 fully saturated rings. The van der Waals surface area contributed by atoms with Gasteiger partial charge < -0.3 is 10.6 Å². The Kier molecular flexibility index (Phi) is 7.77. The summed E-state index contributed by atoms with van der Waals surface area (Å²) in [5.74, 6) is 0.859. The topological polar surface area (TPSA) is 49.8 Å². The lowest BCUT2D eigenvalue weighted by molar-refractivity contribution is 0.340. The number of anilines is 1. The monoisotopic (exact) mass is 370 g/mol. The third-order valence-electron chi connectivity index (χ3n) is 4.79. The van der Waals surface area contributed by atoms with Gasteiger partial charge in [0.2, 0.25) is 0 Å². The molecule has 1 atom stereocenters. The second-order valence-electron chi connectivity index (χ2n) is 6.96. The van der Waals surface area contributed by atoms with Crippen molar-refractivity contribution in [3.8, 4) is 0 Å². The number of pyridine rings is 2. The van der Waals surface area contributed by atoms with Crippen LogP contribution >= 0.6 is 0 Å². The lowest BCUT2D eigenvalue weighted by atomic mass is 10.1. The molecule has 2 heterocycles. The van der Waals surface area contributed by atoms with Crippen LogP contribution in [0.15, 0.2) is 24.5 Å². The minimum Gasteiger partial charge on any atom is -0.386 e. The van der Waals surface area contributed by atoms with Gasteiger partial charge in [-0.05, 0) is 62.4 Å². The highest BCUT2D eigenvalue weighted by molar-refractivity contribution is 5.49. The number of alkyl halides is 1. The van der Waals surface area contributed by atoms with Gasteiger partial charge >= 0.3 is 0 Å². The SMILES string of the molecule is CC/C(C)=c1/ccnc(NC)/c1=C/NCc1cnc(CCC(C)F)c(C)c1. The van der Waals surface area contributed by atoms with Crippen molar-refractivity contribution in [1.29, 1.82) is 0 Å². The number of hydrogen-bond donors (Lipinski definition) is 2. The predicted octanol–water partition coefficient (Wildman–Crippen LogP) is 3.23. The normalized spacial score (nSPS) is 14.1. The molecule has 27 heavy (non-hydrogen) atoms. The summed E-state index contributed by atoms with van der Waals surface area (Å²) in [5.41, 5.74) is 4.52. The van der Waals surface area contributed by atoms with Crippen LogP contribution in [-0.4, -0.2) is 23.2 Å². The molecule has 0 aromatic carbocycles. The van der Waals surface area contributed by atoms with Gasteiger partial charge in [0.1, 0.15) is 5.82 Å². The van der Waals surface area contributed by atoms with Crippen LogP contribution < -0.4 is 21.1 Å². The summed E-state index contributed by atoms with van der Waals surface area (Å²) in [7, 11) is 1.88. The van der Waals surface area contributed by atoms with E-state index in [1.165, 1.54) is 10.8 Å². The Morgan fingerprint density at radius 3 is 2.74 bits per heavy atom. The average molecular weight is 371 g/mol. The number of halogens is 1. The standard InChI is InChI=1S/C22H31FN4/c1-6-15(2)19-9-10-26-22(24-5)20(19)14-25-12-18-11-16(3)21(27-13-18)8-7-17(4)23/h9-11,13-14,17,25H,6-8,12H2,1-5H3,(H,24,26)/b19-15-,20-14+. The van der Waals surface area contributed by atoms with Crippen molar-refractivity contribution < 1.29 is 4.39 Å². The molecule has 0 aliphatic rings. The van der Waals surface area contributed by atoms with Crippen LogP contribution in [0.4, 0.5) is 10.2 Å². The summed E-state index contributed by atoms with van der Waals surface area (Å²) in [4.78, 5) is 8.94. The van der Waals surface area contributed by atoms with Gasteiger partial charge in [-0.1, -0.05) is 18.6 Å². The molecule has 2 aromatic rings. The number of nitrogens with one attached hydrogen (secondary N) is 2. The van der Waals surface area contributed by atoms with Crippen molar-refractivity contribution in [3.05, 3.63) is 51.8 Å². The number of aromatic nitrogens is 2. The van der Waals surface area contributed by atoms with E-state index < -0.39 is 6.17 Å². The maximum absolute atomic E-state index is 13.0. The van der Waals surface area contributed by atoms with E-state index in [1.54, 1.807) is 6.92 Å². The molecule has 0 bridgehead atoms. The van der Waals surface area contributed by atoms with Gasteiger partial charge in [-0.25, -0.2) is 9.37 Å². The van der Waals surface area contributed by atoms with E-state index in [2.05, 4.69) is 46.6 Å². The van der Waals surface area contributed by atoms with Gasteiger partial charge in [0.05, 0.1) is 6.17 Å². The average Bonchev–Trinajstić information content (AvgIpc) is 2.66. The Balaban J connectivity index is 2.20. The fourth-order valence-electron chi connectivity index (χ4n) is 3.01. The molecule has 0 radical (unpaired) electrons. The first kappa shape index (κ1) is 20.9. The predicted molar refractivity (Wildman–Crippen MR) is 112 cm³/mol. The van der Waals surface area contributed by atoms with Crippen LogP contribution in [0.5, 0.6) is 0 Å². The van der Waals surface area contributed by atoms with E-state index in [9.17, 15) is 4.39 Å². The van der Waals surface area contributed by atoms with Gasteiger partial charge in [-0.2, -0.15) is 0 Å². The summed E-state index contributed by atoms with van der Waals surface area (Å²) in [5, 5.41) is 8.83. The van der Waals surface area contributed by atoms with E-state index in [4.69, 9.17) is 0 Å². The molecule has 5 heteroatoms. The van der Waals surface area contributed by atoms with Gasteiger partial charge in [0, 0.05) is 43.1 Å². The molecule has 2 N–H and O–H groups in total. The molecule has 0 saturated heterocycles. The Bertz CT molecular complexity index is 874. The van der Waals surface area contributed by atoms with Gasteiger partial charge in [-0.3, -0.25) is 4.98 Å². The molecule has 0 spiro atoms. The lowest BCUT2D eigenvalue weighted by Gasteiger charge is -2.09. The van der Waals surface area contributed by atoms with E-state index in [-0.39, 0.29) is 0 Å². The molecule has 0 aliphatic heterocycles. The number of aryl methyl sites for hydroxylation is 2. The van der Waals surface area contributed by atoms with Crippen molar-refractivity contribution in [1.82, 2.24) is 15.3 Å². The summed E-state index contributed by atoms with van der Waals surface area (Å²) in [6.07, 6.45) is 7.13. The third-order valence-corrected chi connectivity index (χ3v) is 4.79.